The van der Waals surface area contributed by atoms with Gasteiger partial charge >= 0.3 is 7.12 Å². The number of rotatable bonds is 1. The molecule has 2 heterocycles. The Labute approximate surface area is 132 Å². The van der Waals surface area contributed by atoms with Gasteiger partial charge < -0.3 is 13.7 Å². The van der Waals surface area contributed by atoms with Crippen molar-refractivity contribution >= 4 is 23.7 Å². The molecule has 1 aromatic heterocycles. The molecule has 0 atom stereocenters. The van der Waals surface area contributed by atoms with Gasteiger partial charge in [-0.25, -0.2) is 4.98 Å². The van der Waals surface area contributed by atoms with Crippen LogP contribution in [0.1, 0.15) is 54.4 Å². The van der Waals surface area contributed by atoms with Crippen molar-refractivity contribution < 1.29 is 13.7 Å². The normalized spacial score (nSPS) is 20.8. The van der Waals surface area contributed by atoms with Crippen LogP contribution in [0.4, 0.5) is 0 Å². The molecule has 2 aromatic rings. The lowest BCUT2D eigenvalue weighted by molar-refractivity contribution is 0.00578. The van der Waals surface area contributed by atoms with E-state index in [-0.39, 0.29) is 23.7 Å². The molecule has 0 N–H and O–H groups in total. The second-order valence-corrected chi connectivity index (χ2v) is 8.08. The summed E-state index contributed by atoms with van der Waals surface area (Å²) >= 11 is 0. The summed E-state index contributed by atoms with van der Waals surface area (Å²) in [5.74, 6) is 0.744. The van der Waals surface area contributed by atoms with E-state index in [1.165, 1.54) is 0 Å². The molecule has 5 heteroatoms. The minimum Gasteiger partial charge on any atom is -0.440 e. The number of fused-ring (bicyclic) bond motifs is 1. The zero-order chi connectivity index (χ0) is 16.3. The van der Waals surface area contributed by atoms with Crippen LogP contribution in [-0.4, -0.2) is 23.3 Å². The predicted molar refractivity (Wildman–Crippen MR) is 88.4 cm³/mol. The fourth-order valence-electron chi connectivity index (χ4n) is 2.39. The minimum absolute atomic E-state index is 0.108. The highest BCUT2D eigenvalue weighted by molar-refractivity contribution is 6.62. The molecule has 4 nitrogen and oxygen atoms in total. The molecule has 1 aliphatic heterocycles. The third-order valence-corrected chi connectivity index (χ3v) is 4.58. The summed E-state index contributed by atoms with van der Waals surface area (Å²) in [7, 11) is -0.371. The maximum atomic E-state index is 6.09. The van der Waals surface area contributed by atoms with E-state index in [0.29, 0.717) is 0 Å². The molecule has 1 aliphatic rings. The van der Waals surface area contributed by atoms with Crippen molar-refractivity contribution in [3.05, 3.63) is 24.1 Å². The molecule has 3 rings (SSSR count). The van der Waals surface area contributed by atoms with Gasteiger partial charge in [0.05, 0.1) is 11.2 Å². The van der Waals surface area contributed by atoms with Gasteiger partial charge in [-0.3, -0.25) is 0 Å². The van der Waals surface area contributed by atoms with Gasteiger partial charge in [0, 0.05) is 5.41 Å². The first-order valence-corrected chi connectivity index (χ1v) is 7.76. The fourth-order valence-corrected chi connectivity index (χ4v) is 2.39. The van der Waals surface area contributed by atoms with Crippen molar-refractivity contribution in [1.29, 1.82) is 0 Å². The van der Waals surface area contributed by atoms with E-state index in [2.05, 4.69) is 53.5 Å². The van der Waals surface area contributed by atoms with Crippen molar-refractivity contribution in [3.63, 3.8) is 0 Å². The van der Waals surface area contributed by atoms with Crippen LogP contribution in [0.2, 0.25) is 0 Å². The maximum absolute atomic E-state index is 6.09. The van der Waals surface area contributed by atoms with E-state index < -0.39 is 0 Å². The van der Waals surface area contributed by atoms with Gasteiger partial charge in [-0.05, 0) is 45.3 Å². The second kappa shape index (κ2) is 4.59. The van der Waals surface area contributed by atoms with Crippen LogP contribution in [0, 0.1) is 0 Å². The number of hydrogen-bond donors (Lipinski definition) is 0. The van der Waals surface area contributed by atoms with Crippen molar-refractivity contribution in [2.24, 2.45) is 0 Å². The Morgan fingerprint density at radius 3 is 2.14 bits per heavy atom. The maximum Gasteiger partial charge on any atom is 0.494 e. The molecule has 0 aliphatic carbocycles. The van der Waals surface area contributed by atoms with Gasteiger partial charge in [-0.1, -0.05) is 26.8 Å². The summed E-state index contributed by atoms with van der Waals surface area (Å²) in [6, 6.07) is 5.93. The lowest BCUT2D eigenvalue weighted by Crippen LogP contribution is -2.41. The lowest BCUT2D eigenvalue weighted by atomic mass is 9.79. The summed E-state index contributed by atoms with van der Waals surface area (Å²) < 4.78 is 18.0. The number of aromatic nitrogens is 1. The number of hydrogen-bond acceptors (Lipinski definition) is 4. The van der Waals surface area contributed by atoms with E-state index >= 15 is 0 Å². The average Bonchev–Trinajstić information content (AvgIpc) is 2.87. The Kier molecular flexibility index (Phi) is 3.25. The molecule has 1 aromatic carbocycles. The van der Waals surface area contributed by atoms with Crippen LogP contribution in [0.3, 0.4) is 0 Å². The van der Waals surface area contributed by atoms with Crippen LogP contribution in [0.25, 0.3) is 11.1 Å². The van der Waals surface area contributed by atoms with Crippen LogP contribution >= 0.6 is 0 Å². The second-order valence-electron chi connectivity index (χ2n) is 8.08. The number of oxazole rings is 1. The van der Waals surface area contributed by atoms with Gasteiger partial charge in [0.2, 0.25) is 5.89 Å². The van der Waals surface area contributed by atoms with Crippen LogP contribution in [0.15, 0.2) is 22.6 Å². The van der Waals surface area contributed by atoms with Gasteiger partial charge in [-0.15, -0.1) is 0 Å². The molecule has 22 heavy (non-hydrogen) atoms. The molecule has 118 valence electrons. The zero-order valence-corrected chi connectivity index (χ0v) is 14.5. The Hall–Kier alpha value is -1.33. The third kappa shape index (κ3) is 2.46. The quantitative estimate of drug-likeness (QED) is 0.757. The summed E-state index contributed by atoms with van der Waals surface area (Å²) in [5.41, 5.74) is 1.83. The van der Waals surface area contributed by atoms with Crippen molar-refractivity contribution in [3.8, 4) is 0 Å². The number of benzene rings is 1. The third-order valence-electron chi connectivity index (χ3n) is 4.58. The largest absolute Gasteiger partial charge is 0.494 e. The highest BCUT2D eigenvalue weighted by atomic mass is 16.7. The first-order valence-electron chi connectivity index (χ1n) is 7.76. The van der Waals surface area contributed by atoms with E-state index in [1.807, 2.05) is 18.2 Å². The lowest BCUT2D eigenvalue weighted by Gasteiger charge is -2.32. The summed E-state index contributed by atoms with van der Waals surface area (Å²) in [6.07, 6.45) is 0. The zero-order valence-electron chi connectivity index (χ0n) is 14.5. The van der Waals surface area contributed by atoms with Crippen molar-refractivity contribution in [2.75, 3.05) is 0 Å². The fraction of sp³-hybridized carbons (Fsp3) is 0.588. The predicted octanol–water partition coefficient (Wildman–Crippen LogP) is 3.42. The molecule has 0 saturated carbocycles. The van der Waals surface area contributed by atoms with E-state index in [9.17, 15) is 0 Å². The Bertz CT molecular complexity index is 696. The average molecular weight is 301 g/mol. The first kappa shape index (κ1) is 15.6. The van der Waals surface area contributed by atoms with Crippen LogP contribution in [0.5, 0.6) is 0 Å². The van der Waals surface area contributed by atoms with Gasteiger partial charge in [-0.2, -0.15) is 0 Å². The van der Waals surface area contributed by atoms with Crippen molar-refractivity contribution in [2.45, 2.75) is 65.1 Å². The molecule has 1 fully saturated rings. The highest BCUT2D eigenvalue weighted by Crippen LogP contribution is 2.36. The highest BCUT2D eigenvalue weighted by Gasteiger charge is 2.51. The first-order chi connectivity index (χ1) is 9.99. The van der Waals surface area contributed by atoms with Crippen LogP contribution in [-0.2, 0) is 14.7 Å². The minimum atomic E-state index is -0.371. The Balaban J connectivity index is 1.97. The molecule has 0 bridgehead atoms. The molecular formula is C17H24BNO3. The Morgan fingerprint density at radius 2 is 1.59 bits per heavy atom. The molecule has 0 unspecified atom stereocenters. The Morgan fingerprint density at radius 1 is 1.00 bits per heavy atom. The topological polar surface area (TPSA) is 44.5 Å². The summed E-state index contributed by atoms with van der Waals surface area (Å²) in [6.45, 7) is 14.5. The van der Waals surface area contributed by atoms with E-state index in [0.717, 1.165) is 22.5 Å². The number of nitrogens with zero attached hydrogens (tertiary/aromatic N) is 1. The smallest absolute Gasteiger partial charge is 0.440 e. The van der Waals surface area contributed by atoms with Gasteiger partial charge in [0.15, 0.2) is 5.58 Å². The monoisotopic (exact) mass is 301 g/mol. The molecule has 0 spiro atoms. The van der Waals surface area contributed by atoms with E-state index in [1.54, 1.807) is 0 Å². The SMILES string of the molecule is CC(C)(C)c1nc2cc(B3OC(C)(C)C(C)(C)O3)ccc2o1. The van der Waals surface area contributed by atoms with E-state index in [4.69, 9.17) is 13.7 Å². The molecule has 1 saturated heterocycles. The van der Waals surface area contributed by atoms with Gasteiger partial charge in [0.1, 0.15) is 5.52 Å². The van der Waals surface area contributed by atoms with Crippen LogP contribution < -0.4 is 5.46 Å². The molecular weight excluding hydrogens is 277 g/mol. The standard InChI is InChI=1S/C17H24BNO3/c1-15(2,3)14-19-12-10-11(8-9-13(12)20-14)18-21-16(4,5)17(6,7)22-18/h8-10H,1-7H3. The van der Waals surface area contributed by atoms with Crippen molar-refractivity contribution in [1.82, 2.24) is 4.98 Å². The molecule has 0 radical (unpaired) electrons. The summed E-state index contributed by atoms with van der Waals surface area (Å²) in [5, 5.41) is 0. The molecule has 0 amide bonds. The summed E-state index contributed by atoms with van der Waals surface area (Å²) in [4.78, 5) is 4.61. The van der Waals surface area contributed by atoms with Gasteiger partial charge in [0.25, 0.3) is 0 Å².